The molecule has 14 heteroatoms. The first-order chi connectivity index (χ1) is 17.2. The van der Waals surface area contributed by atoms with Gasteiger partial charge in [-0.25, -0.2) is 22.8 Å². The fourth-order valence-corrected chi connectivity index (χ4v) is 4.87. The number of hydrogen-bond acceptors (Lipinski definition) is 10. The van der Waals surface area contributed by atoms with E-state index in [4.69, 9.17) is 13.9 Å². The summed E-state index contributed by atoms with van der Waals surface area (Å²) < 4.78 is 60.9. The number of dihydropyridines is 1. The maximum absolute atomic E-state index is 13.4. The first-order valence-corrected chi connectivity index (χ1v) is 12.5. The first kappa shape index (κ1) is 25.3. The van der Waals surface area contributed by atoms with Crippen LogP contribution in [0.1, 0.15) is 31.4 Å². The summed E-state index contributed by atoms with van der Waals surface area (Å²) in [5, 5.41) is 10.3. The van der Waals surface area contributed by atoms with E-state index >= 15 is 0 Å². The van der Waals surface area contributed by atoms with Crippen molar-refractivity contribution in [2.75, 3.05) is 18.9 Å². The smallest absolute Gasteiger partial charge is 0.243 e. The van der Waals surface area contributed by atoms with Gasteiger partial charge in [-0.05, 0) is 32.1 Å². The molecule has 0 amide bonds. The van der Waals surface area contributed by atoms with Crippen LogP contribution in [0.25, 0.3) is 17.3 Å². The molecular formula is C22H26FN7O5S. The fraction of sp³-hybridized carbons (Fsp3) is 0.364. The summed E-state index contributed by atoms with van der Waals surface area (Å²) >= 11 is 0. The number of anilines is 1. The molecule has 1 aliphatic rings. The van der Waals surface area contributed by atoms with Crippen LogP contribution < -0.4 is 10.0 Å². The van der Waals surface area contributed by atoms with E-state index in [9.17, 15) is 12.8 Å². The summed E-state index contributed by atoms with van der Waals surface area (Å²) in [6.07, 6.45) is 4.58. The van der Waals surface area contributed by atoms with Crippen molar-refractivity contribution in [2.24, 2.45) is 0 Å². The lowest BCUT2D eigenvalue weighted by Crippen LogP contribution is -2.35. The van der Waals surface area contributed by atoms with Crippen LogP contribution >= 0.6 is 0 Å². The number of aromatic nitrogens is 5. The van der Waals surface area contributed by atoms with Crippen molar-refractivity contribution in [2.45, 2.75) is 38.2 Å². The van der Waals surface area contributed by atoms with Crippen molar-refractivity contribution in [1.82, 2.24) is 30.0 Å². The third-order valence-electron chi connectivity index (χ3n) is 5.78. The summed E-state index contributed by atoms with van der Waals surface area (Å²) in [5.41, 5.74) is 0.400. The van der Waals surface area contributed by atoms with E-state index < -0.39 is 33.2 Å². The summed E-state index contributed by atoms with van der Waals surface area (Å²) in [6, 6.07) is 3.45. The van der Waals surface area contributed by atoms with Crippen molar-refractivity contribution in [3.05, 3.63) is 60.0 Å². The maximum atomic E-state index is 13.4. The Morgan fingerprint density at radius 3 is 2.53 bits per heavy atom. The zero-order valence-corrected chi connectivity index (χ0v) is 21.1. The van der Waals surface area contributed by atoms with Gasteiger partial charge in [0.25, 0.3) is 0 Å². The van der Waals surface area contributed by atoms with Gasteiger partial charge in [0.15, 0.2) is 17.8 Å². The number of allylic oxidation sites excluding steroid dienone is 1. The van der Waals surface area contributed by atoms with E-state index in [0.717, 1.165) is 12.4 Å². The Labute approximate surface area is 207 Å². The lowest BCUT2D eigenvalue weighted by atomic mass is 10.1. The Morgan fingerprint density at radius 1 is 1.19 bits per heavy atom. The van der Waals surface area contributed by atoms with Crippen LogP contribution in [0.3, 0.4) is 0 Å². The number of furan rings is 1. The molecule has 2 N–H and O–H groups in total. The zero-order chi connectivity index (χ0) is 26.0. The van der Waals surface area contributed by atoms with Crippen LogP contribution in [-0.2, 0) is 19.5 Å². The van der Waals surface area contributed by atoms with Gasteiger partial charge in [-0.15, -0.1) is 10.2 Å². The van der Waals surface area contributed by atoms with Crippen LogP contribution in [-0.4, -0.2) is 58.8 Å². The molecule has 3 aromatic rings. The number of nitrogens with one attached hydrogen (secondary N) is 2. The molecule has 1 aliphatic heterocycles. The number of sulfonamides is 1. The Balaban J connectivity index is 1.79. The average Bonchev–Trinajstić information content (AvgIpc) is 3.48. The van der Waals surface area contributed by atoms with Gasteiger partial charge in [-0.1, -0.05) is 6.92 Å². The van der Waals surface area contributed by atoms with Gasteiger partial charge < -0.3 is 19.2 Å². The Morgan fingerprint density at radius 2 is 1.92 bits per heavy atom. The minimum Gasteiger partial charge on any atom is -0.495 e. The topological polar surface area (TPSA) is 146 Å². The van der Waals surface area contributed by atoms with Gasteiger partial charge in [0.1, 0.15) is 23.0 Å². The van der Waals surface area contributed by atoms with Crippen LogP contribution in [0.4, 0.5) is 10.3 Å². The van der Waals surface area contributed by atoms with Crippen molar-refractivity contribution in [3.8, 4) is 11.6 Å². The van der Waals surface area contributed by atoms with Gasteiger partial charge in [-0.2, -0.15) is 0 Å². The molecule has 36 heavy (non-hydrogen) atoms. The predicted molar refractivity (Wildman–Crippen MR) is 128 cm³/mol. The van der Waals surface area contributed by atoms with E-state index in [2.05, 4.69) is 30.2 Å². The lowest BCUT2D eigenvalue weighted by Gasteiger charge is -2.27. The number of nitrogens with zero attached hydrogens (tertiary/aromatic N) is 5. The van der Waals surface area contributed by atoms with Crippen LogP contribution in [0, 0.1) is 12.7 Å². The van der Waals surface area contributed by atoms with Gasteiger partial charge in [0.05, 0.1) is 24.8 Å². The summed E-state index contributed by atoms with van der Waals surface area (Å²) in [5.74, 6) is 0.423. The molecule has 1 unspecified atom stereocenters. The monoisotopic (exact) mass is 519 g/mol. The van der Waals surface area contributed by atoms with E-state index in [1.807, 2.05) is 0 Å². The second kappa shape index (κ2) is 10.1. The Kier molecular flexibility index (Phi) is 7.08. The highest BCUT2D eigenvalue weighted by molar-refractivity contribution is 7.93. The van der Waals surface area contributed by atoms with Crippen LogP contribution in [0.2, 0.25) is 0 Å². The first-order valence-electron chi connectivity index (χ1n) is 10.9. The minimum absolute atomic E-state index is 0.109. The molecule has 192 valence electrons. The molecule has 0 saturated carbocycles. The number of halogens is 1. The number of ether oxygens (including phenoxy) is 2. The van der Waals surface area contributed by atoms with Crippen molar-refractivity contribution in [3.63, 3.8) is 0 Å². The largest absolute Gasteiger partial charge is 0.495 e. The van der Waals surface area contributed by atoms with E-state index in [1.54, 1.807) is 38.3 Å². The lowest BCUT2D eigenvalue weighted by molar-refractivity contribution is 0.122. The summed E-state index contributed by atoms with van der Waals surface area (Å²) in [4.78, 5) is 7.84. The predicted octanol–water partition coefficient (Wildman–Crippen LogP) is 2.61. The Hall–Kier alpha value is -3.78. The highest BCUT2D eigenvalue weighted by atomic mass is 32.2. The maximum Gasteiger partial charge on any atom is 0.243 e. The fourth-order valence-electron chi connectivity index (χ4n) is 3.63. The van der Waals surface area contributed by atoms with E-state index in [-0.39, 0.29) is 17.6 Å². The normalized spacial score (nSPS) is 17.6. The highest BCUT2D eigenvalue weighted by Crippen LogP contribution is 2.33. The van der Waals surface area contributed by atoms with Crippen LogP contribution in [0.5, 0.6) is 0 Å². The molecular weight excluding hydrogens is 493 g/mol. The standard InChI is InChI=1S/C22H26FN7O5S/c1-12-6-7-17(35-12)20-27-28-22(30(20)18-16(33-4)8-9-24-21(18)34-5)29-36(31,32)14(3)13(2)19-25-10-15(23)11-26-19/h6-11,13-14,21,24H,1-5H3,(H,28,29)/t13-,14-,21?/m0/s1. The molecule has 0 aliphatic carbocycles. The van der Waals surface area contributed by atoms with Gasteiger partial charge in [0.2, 0.25) is 21.8 Å². The zero-order valence-electron chi connectivity index (χ0n) is 20.3. The molecule has 0 fully saturated rings. The average molecular weight is 520 g/mol. The molecule has 4 heterocycles. The molecule has 0 radical (unpaired) electrons. The van der Waals surface area contributed by atoms with Gasteiger partial charge >= 0.3 is 0 Å². The third kappa shape index (κ3) is 4.81. The van der Waals surface area contributed by atoms with Gasteiger partial charge in [0, 0.05) is 19.2 Å². The van der Waals surface area contributed by atoms with Crippen LogP contribution in [0.15, 0.2) is 47.0 Å². The minimum atomic E-state index is -4.06. The quantitative estimate of drug-likeness (QED) is 0.432. The molecule has 4 rings (SSSR count). The Bertz CT molecular complexity index is 1400. The van der Waals surface area contributed by atoms with E-state index in [1.165, 1.54) is 25.7 Å². The highest BCUT2D eigenvalue weighted by Gasteiger charge is 2.34. The van der Waals surface area contributed by atoms with E-state index in [0.29, 0.717) is 23.0 Å². The van der Waals surface area contributed by atoms with Gasteiger partial charge in [-0.3, -0.25) is 9.29 Å². The molecule has 0 saturated heterocycles. The van der Waals surface area contributed by atoms with Crippen molar-refractivity contribution >= 4 is 21.7 Å². The molecule has 0 spiro atoms. The molecule has 0 aromatic carbocycles. The van der Waals surface area contributed by atoms with Crippen molar-refractivity contribution < 1.29 is 26.7 Å². The third-order valence-corrected chi connectivity index (χ3v) is 7.63. The second-order valence-electron chi connectivity index (χ2n) is 8.06. The number of hydrogen-bond donors (Lipinski definition) is 2. The number of aryl methyl sites for hydroxylation is 1. The molecule has 3 aromatic heterocycles. The molecule has 12 nitrogen and oxygen atoms in total. The molecule has 0 bridgehead atoms. The second-order valence-corrected chi connectivity index (χ2v) is 10.1. The number of methoxy groups -OCH3 is 2. The molecule has 3 atom stereocenters. The number of rotatable bonds is 9. The summed E-state index contributed by atoms with van der Waals surface area (Å²) in [7, 11) is -1.10. The summed E-state index contributed by atoms with van der Waals surface area (Å²) in [6.45, 7) is 4.92. The van der Waals surface area contributed by atoms with Crippen molar-refractivity contribution in [1.29, 1.82) is 0 Å². The SMILES string of the molecule is COC1=C(n2c(NS(=O)(=O)[C@@H](C)[C@H](C)c3ncc(F)cn3)nnc2-c2ccc(C)o2)C(OC)NC=C1.